The Labute approximate surface area is 153 Å². The predicted molar refractivity (Wildman–Crippen MR) is 92.9 cm³/mol. The number of esters is 1. The third kappa shape index (κ3) is 5.08. The average Bonchev–Trinajstić information content (AvgIpc) is 2.53. The van der Waals surface area contributed by atoms with Crippen molar-refractivity contribution in [3.05, 3.63) is 57.8 Å². The number of anilines is 1. The summed E-state index contributed by atoms with van der Waals surface area (Å²) in [5, 5.41) is 3.23. The van der Waals surface area contributed by atoms with Crippen molar-refractivity contribution >= 4 is 40.8 Å². The van der Waals surface area contributed by atoms with Gasteiger partial charge in [-0.2, -0.15) is 0 Å². The maximum atomic E-state index is 13.6. The van der Waals surface area contributed by atoms with E-state index in [-0.39, 0.29) is 11.3 Å². The molecule has 132 valence electrons. The number of ether oxygens (including phenoxy) is 2. The van der Waals surface area contributed by atoms with Crippen molar-refractivity contribution < 1.29 is 23.5 Å². The molecule has 0 bridgehead atoms. The molecule has 25 heavy (non-hydrogen) atoms. The van der Waals surface area contributed by atoms with Crippen LogP contribution in [0.25, 0.3) is 0 Å². The smallest absolute Gasteiger partial charge is 0.339 e. The second kappa shape index (κ2) is 8.18. The van der Waals surface area contributed by atoms with Gasteiger partial charge in [-0.05, 0) is 43.3 Å². The van der Waals surface area contributed by atoms with Gasteiger partial charge < -0.3 is 14.8 Å². The van der Waals surface area contributed by atoms with Gasteiger partial charge in [-0.25, -0.2) is 9.18 Å². The van der Waals surface area contributed by atoms with E-state index in [1.54, 1.807) is 0 Å². The molecule has 0 saturated carbocycles. The van der Waals surface area contributed by atoms with Crippen LogP contribution >= 0.6 is 23.2 Å². The van der Waals surface area contributed by atoms with Crippen LogP contribution in [0, 0.1) is 5.82 Å². The number of carbonyl (C=O) groups is 2. The van der Waals surface area contributed by atoms with E-state index in [9.17, 15) is 14.0 Å². The molecule has 0 fully saturated rings. The van der Waals surface area contributed by atoms with Gasteiger partial charge in [-0.15, -0.1) is 0 Å². The van der Waals surface area contributed by atoms with Crippen LogP contribution in [0.5, 0.6) is 5.75 Å². The van der Waals surface area contributed by atoms with E-state index in [2.05, 4.69) is 5.32 Å². The Morgan fingerprint density at radius 3 is 2.32 bits per heavy atom. The third-order valence-corrected chi connectivity index (χ3v) is 3.61. The Hall–Kier alpha value is -2.31. The van der Waals surface area contributed by atoms with Crippen LogP contribution in [0.3, 0.4) is 0 Å². The van der Waals surface area contributed by atoms with Crippen molar-refractivity contribution in [3.8, 4) is 5.75 Å². The van der Waals surface area contributed by atoms with E-state index in [0.29, 0.717) is 15.7 Å². The number of nitrogens with one attached hydrogen (secondary N) is 1. The highest BCUT2D eigenvalue weighted by Crippen LogP contribution is 2.23. The molecule has 1 amide bonds. The summed E-state index contributed by atoms with van der Waals surface area (Å²) in [5.41, 5.74) is 0.324. The summed E-state index contributed by atoms with van der Waals surface area (Å²) in [5.74, 6) is -2.13. The third-order valence-electron chi connectivity index (χ3n) is 3.17. The summed E-state index contributed by atoms with van der Waals surface area (Å²) >= 11 is 11.7. The zero-order chi connectivity index (χ0) is 18.6. The first kappa shape index (κ1) is 19.0. The van der Waals surface area contributed by atoms with E-state index in [1.165, 1.54) is 44.4 Å². The van der Waals surface area contributed by atoms with Gasteiger partial charge in [0, 0.05) is 15.7 Å². The van der Waals surface area contributed by atoms with Crippen LogP contribution in [0.15, 0.2) is 36.4 Å². The first-order valence-electron chi connectivity index (χ1n) is 7.11. The van der Waals surface area contributed by atoms with E-state index < -0.39 is 23.8 Å². The largest absolute Gasteiger partial charge is 0.494 e. The van der Waals surface area contributed by atoms with Crippen LogP contribution in [0.1, 0.15) is 17.3 Å². The number of methoxy groups -OCH3 is 1. The number of hydrogen-bond donors (Lipinski definition) is 1. The highest BCUT2D eigenvalue weighted by atomic mass is 35.5. The molecule has 5 nitrogen and oxygen atoms in total. The summed E-state index contributed by atoms with van der Waals surface area (Å²) in [6.45, 7) is 1.39. The first-order valence-corrected chi connectivity index (χ1v) is 7.87. The maximum absolute atomic E-state index is 13.6. The molecule has 0 aliphatic heterocycles. The van der Waals surface area contributed by atoms with E-state index >= 15 is 0 Å². The number of hydrogen-bond acceptors (Lipinski definition) is 4. The zero-order valence-corrected chi connectivity index (χ0v) is 14.8. The fourth-order valence-electron chi connectivity index (χ4n) is 1.95. The Morgan fingerprint density at radius 1 is 1.12 bits per heavy atom. The Morgan fingerprint density at radius 2 is 1.76 bits per heavy atom. The van der Waals surface area contributed by atoms with E-state index in [4.69, 9.17) is 32.7 Å². The minimum Gasteiger partial charge on any atom is -0.494 e. The second-order valence-corrected chi connectivity index (χ2v) is 5.92. The SMILES string of the molecule is COc1ccc(C(=O)O[C@H](C)C(=O)Nc2cc(Cl)cc(Cl)c2)cc1F. The summed E-state index contributed by atoms with van der Waals surface area (Å²) in [4.78, 5) is 24.1. The van der Waals surface area contributed by atoms with Gasteiger partial charge in [0.1, 0.15) is 0 Å². The highest BCUT2D eigenvalue weighted by molar-refractivity contribution is 6.35. The Bertz CT molecular complexity index is 793. The van der Waals surface area contributed by atoms with Crippen LogP contribution < -0.4 is 10.1 Å². The van der Waals surface area contributed by atoms with Crippen LogP contribution in [-0.2, 0) is 9.53 Å². The molecule has 2 aromatic rings. The fraction of sp³-hybridized carbons (Fsp3) is 0.176. The molecular formula is C17H14Cl2FNO4. The van der Waals surface area contributed by atoms with E-state index in [1.807, 2.05) is 0 Å². The highest BCUT2D eigenvalue weighted by Gasteiger charge is 2.20. The van der Waals surface area contributed by atoms with Crippen molar-refractivity contribution in [1.82, 2.24) is 0 Å². The monoisotopic (exact) mass is 385 g/mol. The fourth-order valence-corrected chi connectivity index (χ4v) is 2.47. The van der Waals surface area contributed by atoms with Crippen molar-refractivity contribution in [2.24, 2.45) is 0 Å². The lowest BCUT2D eigenvalue weighted by molar-refractivity contribution is -0.123. The van der Waals surface area contributed by atoms with Gasteiger partial charge in [0.15, 0.2) is 17.7 Å². The maximum Gasteiger partial charge on any atom is 0.339 e. The van der Waals surface area contributed by atoms with Gasteiger partial charge in [-0.3, -0.25) is 4.79 Å². The molecule has 0 unspecified atom stereocenters. The van der Waals surface area contributed by atoms with Crippen molar-refractivity contribution in [2.45, 2.75) is 13.0 Å². The minimum absolute atomic E-state index is 0.000163. The lowest BCUT2D eigenvalue weighted by Crippen LogP contribution is -2.30. The van der Waals surface area contributed by atoms with E-state index in [0.717, 1.165) is 6.07 Å². The second-order valence-electron chi connectivity index (χ2n) is 5.04. The number of halogens is 3. The van der Waals surface area contributed by atoms with Crippen molar-refractivity contribution in [3.63, 3.8) is 0 Å². The molecule has 1 atom stereocenters. The molecule has 0 heterocycles. The molecule has 1 N–H and O–H groups in total. The topological polar surface area (TPSA) is 64.6 Å². The van der Waals surface area contributed by atoms with Crippen LogP contribution in [-0.4, -0.2) is 25.1 Å². The normalized spacial score (nSPS) is 11.6. The van der Waals surface area contributed by atoms with Crippen molar-refractivity contribution in [1.29, 1.82) is 0 Å². The van der Waals surface area contributed by atoms with Gasteiger partial charge in [0.2, 0.25) is 0 Å². The molecule has 2 aromatic carbocycles. The van der Waals surface area contributed by atoms with Crippen LogP contribution in [0.4, 0.5) is 10.1 Å². The zero-order valence-electron chi connectivity index (χ0n) is 13.3. The van der Waals surface area contributed by atoms with Crippen molar-refractivity contribution in [2.75, 3.05) is 12.4 Å². The summed E-state index contributed by atoms with van der Waals surface area (Å²) in [7, 11) is 1.31. The van der Waals surface area contributed by atoms with Gasteiger partial charge in [-0.1, -0.05) is 23.2 Å². The molecular weight excluding hydrogens is 372 g/mol. The Kier molecular flexibility index (Phi) is 6.22. The molecule has 0 aliphatic rings. The number of carbonyl (C=O) groups excluding carboxylic acids is 2. The number of amides is 1. The summed E-state index contributed by atoms with van der Waals surface area (Å²) < 4.78 is 23.4. The Balaban J connectivity index is 2.02. The average molecular weight is 386 g/mol. The first-order chi connectivity index (χ1) is 11.8. The summed E-state index contributed by atoms with van der Waals surface area (Å²) in [6.07, 6.45) is -1.12. The molecule has 2 rings (SSSR count). The molecule has 0 saturated heterocycles. The quantitative estimate of drug-likeness (QED) is 0.778. The molecule has 0 radical (unpaired) electrons. The predicted octanol–water partition coefficient (Wildman–Crippen LogP) is 4.33. The minimum atomic E-state index is -1.12. The van der Waals surface area contributed by atoms with Crippen LogP contribution in [0.2, 0.25) is 10.0 Å². The lowest BCUT2D eigenvalue weighted by atomic mass is 10.2. The lowest BCUT2D eigenvalue weighted by Gasteiger charge is -2.14. The number of benzene rings is 2. The van der Waals surface area contributed by atoms with Gasteiger partial charge in [0.05, 0.1) is 12.7 Å². The number of rotatable bonds is 5. The molecule has 0 spiro atoms. The molecule has 0 aromatic heterocycles. The van der Waals surface area contributed by atoms with Gasteiger partial charge in [0.25, 0.3) is 5.91 Å². The standard InChI is InChI=1S/C17H14Cl2FNO4/c1-9(16(22)21-13-7-11(18)6-12(19)8-13)25-17(23)10-3-4-15(24-2)14(20)5-10/h3-9H,1-2H3,(H,21,22)/t9-/m1/s1. The molecule has 0 aliphatic carbocycles. The van der Waals surface area contributed by atoms with Gasteiger partial charge >= 0.3 is 5.97 Å². The summed E-state index contributed by atoms with van der Waals surface area (Å²) in [6, 6.07) is 8.12. The molecule has 8 heteroatoms.